The molecular weight excluding hydrogens is 348 g/mol. The highest BCUT2D eigenvalue weighted by Gasteiger charge is 2.22. The zero-order valence-electron chi connectivity index (χ0n) is 17.0. The minimum absolute atomic E-state index is 0.0145. The van der Waals surface area contributed by atoms with Crippen LogP contribution in [0.15, 0.2) is 24.3 Å². The van der Waals surface area contributed by atoms with Crippen LogP contribution >= 0.6 is 0 Å². The van der Waals surface area contributed by atoms with Gasteiger partial charge in [-0.15, -0.1) is 0 Å². The van der Waals surface area contributed by atoms with E-state index in [0.717, 1.165) is 13.1 Å². The Morgan fingerprint density at radius 1 is 1.19 bits per heavy atom. The summed E-state index contributed by atoms with van der Waals surface area (Å²) < 4.78 is 9.79. The van der Waals surface area contributed by atoms with Crippen LogP contribution in [0.2, 0.25) is 0 Å². The molecule has 0 aliphatic heterocycles. The Hall–Kier alpha value is -2.41. The van der Waals surface area contributed by atoms with E-state index in [-0.39, 0.29) is 17.2 Å². The highest BCUT2D eigenvalue weighted by molar-refractivity contribution is 5.92. The van der Waals surface area contributed by atoms with Crippen molar-refractivity contribution in [2.24, 2.45) is 11.8 Å². The Bertz CT molecular complexity index is 673. The van der Waals surface area contributed by atoms with Gasteiger partial charge in [0.05, 0.1) is 18.6 Å². The molecule has 0 saturated heterocycles. The van der Waals surface area contributed by atoms with Gasteiger partial charge >= 0.3 is 5.97 Å². The van der Waals surface area contributed by atoms with Gasteiger partial charge in [-0.05, 0) is 29.0 Å². The average Bonchev–Trinajstić information content (AvgIpc) is 2.59. The minimum atomic E-state index is -0.532. The molecule has 1 aromatic rings. The van der Waals surface area contributed by atoms with Crippen LogP contribution in [0.5, 0.6) is 0 Å². The van der Waals surface area contributed by atoms with Crippen molar-refractivity contribution in [1.82, 2.24) is 0 Å². The number of nitro groups is 1. The average molecular weight is 378 g/mol. The van der Waals surface area contributed by atoms with Gasteiger partial charge in [0.2, 0.25) is 0 Å². The molecule has 7 heteroatoms. The van der Waals surface area contributed by atoms with Crippen molar-refractivity contribution in [2.45, 2.75) is 27.7 Å². The third-order valence-electron chi connectivity index (χ3n) is 3.85. The fourth-order valence-corrected chi connectivity index (χ4v) is 2.85. The molecule has 1 aromatic carbocycles. The predicted octanol–water partition coefficient (Wildman–Crippen LogP) is 3.92. The van der Waals surface area contributed by atoms with Crippen molar-refractivity contribution in [3.8, 4) is 0 Å². The summed E-state index contributed by atoms with van der Waals surface area (Å²) in [6.45, 7) is 9.94. The number of rotatable bonds is 10. The zero-order chi connectivity index (χ0) is 20.6. The summed E-state index contributed by atoms with van der Waals surface area (Å²) >= 11 is 0. The molecule has 0 saturated carbocycles. The third kappa shape index (κ3) is 7.02. The zero-order valence-corrected chi connectivity index (χ0v) is 17.0. The molecule has 7 nitrogen and oxygen atoms in total. The summed E-state index contributed by atoms with van der Waals surface area (Å²) in [7, 11) is 2.78. The van der Waals surface area contributed by atoms with Crippen molar-refractivity contribution in [3.63, 3.8) is 0 Å². The number of nitro benzene ring substituents is 1. The number of nitrogens with zero attached hydrogens (tertiary/aromatic N) is 2. The van der Waals surface area contributed by atoms with E-state index in [1.54, 1.807) is 12.1 Å². The van der Waals surface area contributed by atoms with Gasteiger partial charge in [-0.2, -0.15) is 0 Å². The number of benzene rings is 1. The molecule has 150 valence electrons. The number of carbonyl (C=O) groups excluding carboxylic acids is 1. The van der Waals surface area contributed by atoms with Crippen LogP contribution in [0.1, 0.15) is 33.3 Å². The molecule has 0 fully saturated rings. The van der Waals surface area contributed by atoms with E-state index in [1.165, 1.54) is 26.4 Å². The van der Waals surface area contributed by atoms with Gasteiger partial charge in [-0.1, -0.05) is 33.8 Å². The number of hydrogen-bond acceptors (Lipinski definition) is 6. The van der Waals surface area contributed by atoms with Crippen LogP contribution < -0.4 is 4.90 Å². The summed E-state index contributed by atoms with van der Waals surface area (Å²) in [4.78, 5) is 25.0. The molecule has 0 amide bonds. The number of esters is 1. The Balaban J connectivity index is 3.42. The number of hydrogen-bond donors (Lipinski definition) is 0. The van der Waals surface area contributed by atoms with Gasteiger partial charge < -0.3 is 14.4 Å². The van der Waals surface area contributed by atoms with E-state index in [1.807, 2.05) is 0 Å². The molecule has 0 N–H and O–H groups in total. The van der Waals surface area contributed by atoms with Crippen LogP contribution in [0, 0.1) is 22.0 Å². The van der Waals surface area contributed by atoms with E-state index in [9.17, 15) is 14.9 Å². The Labute approximate surface area is 161 Å². The van der Waals surface area contributed by atoms with Crippen molar-refractivity contribution >= 4 is 22.9 Å². The summed E-state index contributed by atoms with van der Waals surface area (Å²) in [6, 6.07) is 5.03. The van der Waals surface area contributed by atoms with Crippen molar-refractivity contribution in [2.75, 3.05) is 38.8 Å². The number of methoxy groups -OCH3 is 2. The maximum Gasteiger partial charge on any atom is 0.330 e. The Morgan fingerprint density at radius 3 is 2.22 bits per heavy atom. The lowest BCUT2D eigenvalue weighted by atomic mass is 10.0. The van der Waals surface area contributed by atoms with Crippen LogP contribution in [0.3, 0.4) is 0 Å². The second-order valence-corrected chi connectivity index (χ2v) is 7.28. The SMILES string of the molecule is COC/C(=C/C(=O)OC)c1ccc(N(CC(C)C)CC(C)C)c([N+](=O)[O-])c1. The summed E-state index contributed by atoms with van der Waals surface area (Å²) in [5, 5.41) is 11.7. The van der Waals surface area contributed by atoms with Gasteiger partial charge in [0.1, 0.15) is 5.69 Å². The summed E-state index contributed by atoms with van der Waals surface area (Å²) in [5.74, 6) is 0.202. The first-order chi connectivity index (χ1) is 12.7. The molecule has 0 spiro atoms. The highest BCUT2D eigenvalue weighted by atomic mass is 16.6. The van der Waals surface area contributed by atoms with E-state index in [0.29, 0.717) is 28.7 Å². The molecule has 0 aliphatic carbocycles. The fourth-order valence-electron chi connectivity index (χ4n) is 2.85. The van der Waals surface area contributed by atoms with Crippen molar-refractivity contribution in [3.05, 3.63) is 40.0 Å². The molecule has 0 bridgehead atoms. The lowest BCUT2D eigenvalue weighted by molar-refractivity contribution is -0.384. The van der Waals surface area contributed by atoms with Crippen molar-refractivity contribution in [1.29, 1.82) is 0 Å². The standard InChI is InChI=1S/C20H30N2O5/c1-14(2)11-21(12-15(3)4)18-8-7-16(9-19(18)22(24)25)17(13-26-5)10-20(23)27-6/h7-10,14-15H,11-13H2,1-6H3/b17-10-. The number of anilines is 1. The molecule has 27 heavy (non-hydrogen) atoms. The lowest BCUT2D eigenvalue weighted by Crippen LogP contribution is -2.31. The molecular formula is C20H30N2O5. The minimum Gasteiger partial charge on any atom is -0.466 e. The summed E-state index contributed by atoms with van der Waals surface area (Å²) in [5.41, 5.74) is 1.69. The van der Waals surface area contributed by atoms with Crippen molar-refractivity contribution < 1.29 is 19.2 Å². The second-order valence-electron chi connectivity index (χ2n) is 7.28. The number of carbonyl (C=O) groups is 1. The van der Waals surface area contributed by atoms with Crippen LogP contribution in [0.25, 0.3) is 5.57 Å². The maximum atomic E-state index is 11.7. The van der Waals surface area contributed by atoms with E-state index < -0.39 is 5.97 Å². The van der Waals surface area contributed by atoms with E-state index >= 15 is 0 Å². The third-order valence-corrected chi connectivity index (χ3v) is 3.85. The first kappa shape index (κ1) is 22.6. The first-order valence-corrected chi connectivity index (χ1v) is 9.00. The van der Waals surface area contributed by atoms with Gasteiger partial charge in [0, 0.05) is 32.3 Å². The molecule has 0 atom stereocenters. The van der Waals surface area contributed by atoms with Gasteiger partial charge in [-0.3, -0.25) is 10.1 Å². The smallest absolute Gasteiger partial charge is 0.330 e. The lowest BCUT2D eigenvalue weighted by Gasteiger charge is -2.28. The van der Waals surface area contributed by atoms with Gasteiger partial charge in [0.15, 0.2) is 0 Å². The molecule has 0 aromatic heterocycles. The quantitative estimate of drug-likeness (QED) is 0.266. The maximum absolute atomic E-state index is 11.7. The van der Waals surface area contributed by atoms with Crippen LogP contribution in [-0.2, 0) is 14.3 Å². The molecule has 0 heterocycles. The molecule has 1 rings (SSSR count). The first-order valence-electron chi connectivity index (χ1n) is 9.00. The normalized spacial score (nSPS) is 11.8. The monoisotopic (exact) mass is 378 g/mol. The van der Waals surface area contributed by atoms with E-state index in [2.05, 4.69) is 37.3 Å². The molecule has 0 radical (unpaired) electrons. The fraction of sp³-hybridized carbons (Fsp3) is 0.550. The van der Waals surface area contributed by atoms with Crippen LogP contribution in [0.4, 0.5) is 11.4 Å². The molecule has 0 unspecified atom stereocenters. The highest BCUT2D eigenvalue weighted by Crippen LogP contribution is 2.32. The second kappa shape index (κ2) is 10.7. The predicted molar refractivity (Wildman–Crippen MR) is 107 cm³/mol. The Morgan fingerprint density at radius 2 is 1.78 bits per heavy atom. The Kier molecular flexibility index (Phi) is 8.94. The van der Waals surface area contributed by atoms with Gasteiger partial charge in [-0.25, -0.2) is 4.79 Å². The molecule has 0 aliphatic rings. The van der Waals surface area contributed by atoms with Gasteiger partial charge in [0.25, 0.3) is 5.69 Å². The van der Waals surface area contributed by atoms with E-state index in [4.69, 9.17) is 4.74 Å². The largest absolute Gasteiger partial charge is 0.466 e. The van der Waals surface area contributed by atoms with Crippen LogP contribution in [-0.4, -0.2) is 44.8 Å². The number of ether oxygens (including phenoxy) is 2. The topological polar surface area (TPSA) is 81.9 Å². The summed E-state index contributed by atoms with van der Waals surface area (Å²) in [6.07, 6.45) is 1.29.